The number of nitrogens with zero attached hydrogens (tertiary/aromatic N) is 1. The standard InChI is InChI=1S/C20H29N3O2/c1-2-6-19(24)23-12-5-8-16(14-23)20(25)22-13-18-17-9-4-3-7-15(17)10-11-21-18/h3-4,7,9,16,18,21H,2,5-6,8,10-14H2,1H3,(H,22,25). The second kappa shape index (κ2) is 8.48. The lowest BCUT2D eigenvalue weighted by atomic mass is 9.93. The normalized spacial score (nSPS) is 23.0. The van der Waals surface area contributed by atoms with Gasteiger partial charge in [-0.1, -0.05) is 31.2 Å². The number of likely N-dealkylation sites (tertiary alicyclic amines) is 1. The van der Waals surface area contributed by atoms with E-state index in [2.05, 4.69) is 34.9 Å². The number of amides is 2. The SMILES string of the molecule is CCCC(=O)N1CCCC(C(=O)NCC2NCCc3ccccc32)C1. The van der Waals surface area contributed by atoms with E-state index in [1.807, 2.05) is 11.8 Å². The van der Waals surface area contributed by atoms with Gasteiger partial charge in [-0.3, -0.25) is 9.59 Å². The molecule has 0 saturated carbocycles. The predicted octanol–water partition coefficient (Wildman–Crippen LogP) is 2.03. The summed E-state index contributed by atoms with van der Waals surface area (Å²) >= 11 is 0. The molecule has 2 unspecified atom stereocenters. The fourth-order valence-corrected chi connectivity index (χ4v) is 3.91. The van der Waals surface area contributed by atoms with Gasteiger partial charge in [-0.25, -0.2) is 0 Å². The number of fused-ring (bicyclic) bond motifs is 1. The third-order valence-corrected chi connectivity index (χ3v) is 5.30. The third-order valence-electron chi connectivity index (χ3n) is 5.30. The Morgan fingerprint density at radius 3 is 3.00 bits per heavy atom. The minimum atomic E-state index is -0.0756. The first-order chi connectivity index (χ1) is 12.2. The maximum absolute atomic E-state index is 12.6. The average molecular weight is 343 g/mol. The van der Waals surface area contributed by atoms with Gasteiger partial charge in [0.15, 0.2) is 0 Å². The van der Waals surface area contributed by atoms with Crippen molar-refractivity contribution in [2.24, 2.45) is 5.92 Å². The van der Waals surface area contributed by atoms with Crippen molar-refractivity contribution in [2.45, 2.75) is 45.1 Å². The molecule has 5 nitrogen and oxygen atoms in total. The molecule has 1 fully saturated rings. The molecule has 2 aliphatic heterocycles. The van der Waals surface area contributed by atoms with E-state index in [9.17, 15) is 9.59 Å². The van der Waals surface area contributed by atoms with E-state index >= 15 is 0 Å². The minimum Gasteiger partial charge on any atom is -0.354 e. The zero-order valence-electron chi connectivity index (χ0n) is 15.1. The molecule has 2 amide bonds. The molecule has 136 valence electrons. The summed E-state index contributed by atoms with van der Waals surface area (Å²) in [5.41, 5.74) is 2.66. The Kier molecular flexibility index (Phi) is 6.08. The van der Waals surface area contributed by atoms with Gasteiger partial charge in [-0.15, -0.1) is 0 Å². The minimum absolute atomic E-state index is 0.0756. The van der Waals surface area contributed by atoms with E-state index in [0.717, 1.165) is 38.8 Å². The summed E-state index contributed by atoms with van der Waals surface area (Å²) in [5, 5.41) is 6.61. The highest BCUT2D eigenvalue weighted by atomic mass is 16.2. The van der Waals surface area contributed by atoms with Crippen molar-refractivity contribution in [1.29, 1.82) is 0 Å². The molecule has 1 aromatic carbocycles. The van der Waals surface area contributed by atoms with Gasteiger partial charge in [0.2, 0.25) is 11.8 Å². The molecule has 2 atom stereocenters. The number of carbonyl (C=O) groups is 2. The zero-order chi connectivity index (χ0) is 17.6. The molecule has 0 aromatic heterocycles. The second-order valence-corrected chi connectivity index (χ2v) is 7.13. The van der Waals surface area contributed by atoms with Gasteiger partial charge in [-0.05, 0) is 43.4 Å². The summed E-state index contributed by atoms with van der Waals surface area (Å²) in [7, 11) is 0. The first-order valence-electron chi connectivity index (χ1n) is 9.55. The molecule has 25 heavy (non-hydrogen) atoms. The molecular weight excluding hydrogens is 314 g/mol. The second-order valence-electron chi connectivity index (χ2n) is 7.13. The molecule has 2 N–H and O–H groups in total. The Hall–Kier alpha value is -1.88. The Balaban J connectivity index is 1.54. The molecule has 5 heteroatoms. The van der Waals surface area contributed by atoms with Crippen molar-refractivity contribution < 1.29 is 9.59 Å². The van der Waals surface area contributed by atoms with E-state index in [1.165, 1.54) is 11.1 Å². The lowest BCUT2D eigenvalue weighted by Gasteiger charge is -2.33. The van der Waals surface area contributed by atoms with Gasteiger partial charge in [-0.2, -0.15) is 0 Å². The van der Waals surface area contributed by atoms with Crippen LogP contribution in [0.3, 0.4) is 0 Å². The summed E-state index contributed by atoms with van der Waals surface area (Å²) in [6.07, 6.45) is 4.27. The van der Waals surface area contributed by atoms with E-state index in [-0.39, 0.29) is 23.8 Å². The Morgan fingerprint density at radius 1 is 1.32 bits per heavy atom. The molecule has 1 saturated heterocycles. The van der Waals surface area contributed by atoms with Crippen LogP contribution in [0.5, 0.6) is 0 Å². The fourth-order valence-electron chi connectivity index (χ4n) is 3.91. The van der Waals surface area contributed by atoms with Crippen LogP contribution in [-0.4, -0.2) is 42.9 Å². The lowest BCUT2D eigenvalue weighted by molar-refractivity contribution is -0.135. The fraction of sp³-hybridized carbons (Fsp3) is 0.600. The molecule has 2 aliphatic rings. The van der Waals surface area contributed by atoms with Crippen molar-refractivity contribution >= 4 is 11.8 Å². The van der Waals surface area contributed by atoms with Crippen LogP contribution < -0.4 is 10.6 Å². The monoisotopic (exact) mass is 343 g/mol. The smallest absolute Gasteiger partial charge is 0.224 e. The van der Waals surface area contributed by atoms with Crippen molar-refractivity contribution in [1.82, 2.24) is 15.5 Å². The summed E-state index contributed by atoms with van der Waals surface area (Å²) < 4.78 is 0. The van der Waals surface area contributed by atoms with Crippen molar-refractivity contribution in [3.8, 4) is 0 Å². The van der Waals surface area contributed by atoms with Gasteiger partial charge in [0.1, 0.15) is 0 Å². The Labute approximate surface area is 150 Å². The zero-order valence-corrected chi connectivity index (χ0v) is 15.1. The van der Waals surface area contributed by atoms with E-state index < -0.39 is 0 Å². The summed E-state index contributed by atoms with van der Waals surface area (Å²) in [4.78, 5) is 26.6. The van der Waals surface area contributed by atoms with E-state index in [4.69, 9.17) is 0 Å². The molecule has 0 radical (unpaired) electrons. The number of rotatable bonds is 5. The van der Waals surface area contributed by atoms with Crippen LogP contribution in [0.2, 0.25) is 0 Å². The van der Waals surface area contributed by atoms with Gasteiger partial charge in [0.05, 0.1) is 5.92 Å². The highest BCUT2D eigenvalue weighted by molar-refractivity contribution is 5.81. The first-order valence-corrected chi connectivity index (χ1v) is 9.55. The summed E-state index contributed by atoms with van der Waals surface area (Å²) in [5.74, 6) is 0.190. The molecule has 0 aliphatic carbocycles. The number of piperidine rings is 1. The number of hydrogen-bond acceptors (Lipinski definition) is 3. The van der Waals surface area contributed by atoms with Crippen molar-refractivity contribution in [3.05, 3.63) is 35.4 Å². The summed E-state index contributed by atoms with van der Waals surface area (Å²) in [6.45, 7) is 4.93. The van der Waals surface area contributed by atoms with Gasteiger partial charge < -0.3 is 15.5 Å². The largest absolute Gasteiger partial charge is 0.354 e. The van der Waals surface area contributed by atoms with Crippen LogP contribution >= 0.6 is 0 Å². The number of hydrogen-bond donors (Lipinski definition) is 2. The van der Waals surface area contributed by atoms with Crippen LogP contribution in [0.1, 0.15) is 49.8 Å². The van der Waals surface area contributed by atoms with Crippen LogP contribution in [0.25, 0.3) is 0 Å². The van der Waals surface area contributed by atoms with Crippen molar-refractivity contribution in [3.63, 3.8) is 0 Å². The van der Waals surface area contributed by atoms with Crippen LogP contribution in [-0.2, 0) is 16.0 Å². The highest BCUT2D eigenvalue weighted by Crippen LogP contribution is 2.22. The average Bonchev–Trinajstić information content (AvgIpc) is 2.66. The van der Waals surface area contributed by atoms with Crippen LogP contribution in [0.15, 0.2) is 24.3 Å². The van der Waals surface area contributed by atoms with Gasteiger partial charge in [0.25, 0.3) is 0 Å². The predicted molar refractivity (Wildman–Crippen MR) is 98.1 cm³/mol. The topological polar surface area (TPSA) is 61.4 Å². The third kappa shape index (κ3) is 4.40. The van der Waals surface area contributed by atoms with E-state index in [0.29, 0.717) is 19.5 Å². The van der Waals surface area contributed by atoms with Crippen LogP contribution in [0.4, 0.5) is 0 Å². The van der Waals surface area contributed by atoms with Crippen LogP contribution in [0, 0.1) is 5.92 Å². The number of nitrogens with one attached hydrogen (secondary N) is 2. The first kappa shape index (κ1) is 17.9. The maximum atomic E-state index is 12.6. The lowest BCUT2D eigenvalue weighted by Crippen LogP contribution is -2.47. The molecule has 2 heterocycles. The van der Waals surface area contributed by atoms with E-state index in [1.54, 1.807) is 0 Å². The molecule has 3 rings (SSSR count). The van der Waals surface area contributed by atoms with Gasteiger partial charge in [0, 0.05) is 32.1 Å². The molecule has 1 aromatic rings. The maximum Gasteiger partial charge on any atom is 0.224 e. The molecule has 0 spiro atoms. The number of benzene rings is 1. The Bertz CT molecular complexity index is 617. The quantitative estimate of drug-likeness (QED) is 0.860. The molecule has 0 bridgehead atoms. The molecular formula is C20H29N3O2. The van der Waals surface area contributed by atoms with Gasteiger partial charge >= 0.3 is 0 Å². The van der Waals surface area contributed by atoms with Crippen molar-refractivity contribution in [2.75, 3.05) is 26.2 Å². The number of carbonyl (C=O) groups excluding carboxylic acids is 2. The Morgan fingerprint density at radius 2 is 2.16 bits per heavy atom. The summed E-state index contributed by atoms with van der Waals surface area (Å²) in [6, 6.07) is 8.62. The highest BCUT2D eigenvalue weighted by Gasteiger charge is 2.28.